The second-order valence-corrected chi connectivity index (χ2v) is 6.14. The molecule has 0 saturated heterocycles. The average molecular weight is 255 g/mol. The molecule has 2 rings (SSSR count). The molecule has 0 amide bonds. The molecule has 0 fully saturated rings. The summed E-state index contributed by atoms with van der Waals surface area (Å²) in [6.45, 7) is 8.35. The summed E-state index contributed by atoms with van der Waals surface area (Å²) < 4.78 is 0. The molecule has 2 nitrogen and oxygen atoms in total. The van der Waals surface area contributed by atoms with Crippen molar-refractivity contribution in [3.8, 4) is 0 Å². The predicted molar refractivity (Wildman–Crippen MR) is 78.1 cm³/mol. The van der Waals surface area contributed by atoms with E-state index in [1.54, 1.807) is 19.3 Å². The van der Waals surface area contributed by atoms with Gasteiger partial charge in [0.25, 0.3) is 0 Å². The second kappa shape index (κ2) is 4.78. The van der Waals surface area contributed by atoms with Gasteiger partial charge in [-0.1, -0.05) is 51.1 Å². The van der Waals surface area contributed by atoms with Crippen molar-refractivity contribution in [3.63, 3.8) is 0 Å². The molecule has 0 spiro atoms. The summed E-state index contributed by atoms with van der Waals surface area (Å²) >= 11 is 0. The third-order valence-corrected chi connectivity index (χ3v) is 3.54. The number of benzene rings is 1. The van der Waals surface area contributed by atoms with Gasteiger partial charge < -0.3 is 5.11 Å². The van der Waals surface area contributed by atoms with Crippen molar-refractivity contribution in [1.82, 2.24) is 4.98 Å². The molecule has 1 heterocycles. The molecule has 19 heavy (non-hydrogen) atoms. The van der Waals surface area contributed by atoms with Gasteiger partial charge in [0.1, 0.15) is 5.60 Å². The van der Waals surface area contributed by atoms with Gasteiger partial charge in [-0.05, 0) is 29.5 Å². The lowest BCUT2D eigenvalue weighted by Crippen LogP contribution is -2.23. The molecule has 0 aliphatic rings. The van der Waals surface area contributed by atoms with Crippen LogP contribution in [0.1, 0.15) is 44.4 Å². The minimum absolute atomic E-state index is 0.124. The van der Waals surface area contributed by atoms with Gasteiger partial charge in [-0.15, -0.1) is 0 Å². The molecule has 2 aromatic rings. The monoisotopic (exact) mass is 255 g/mol. The maximum atomic E-state index is 10.7. The van der Waals surface area contributed by atoms with Crippen LogP contribution >= 0.6 is 0 Å². The number of pyridine rings is 1. The largest absolute Gasteiger partial charge is 0.381 e. The van der Waals surface area contributed by atoms with Crippen molar-refractivity contribution in [2.45, 2.75) is 38.7 Å². The molecule has 0 aliphatic heterocycles. The van der Waals surface area contributed by atoms with Crippen LogP contribution in [0.25, 0.3) is 0 Å². The van der Waals surface area contributed by atoms with Crippen LogP contribution in [0.3, 0.4) is 0 Å². The van der Waals surface area contributed by atoms with Crippen LogP contribution in [0.5, 0.6) is 0 Å². The zero-order valence-electron chi connectivity index (χ0n) is 12.0. The van der Waals surface area contributed by atoms with Crippen LogP contribution in [-0.4, -0.2) is 10.1 Å². The highest BCUT2D eigenvalue weighted by Gasteiger charge is 2.26. The molecular weight excluding hydrogens is 234 g/mol. The van der Waals surface area contributed by atoms with E-state index in [0.29, 0.717) is 0 Å². The lowest BCUT2D eigenvalue weighted by atomic mass is 9.83. The summed E-state index contributed by atoms with van der Waals surface area (Å²) in [6.07, 6.45) is 3.42. The number of hydrogen-bond acceptors (Lipinski definition) is 2. The fourth-order valence-corrected chi connectivity index (χ4v) is 2.11. The quantitative estimate of drug-likeness (QED) is 0.888. The van der Waals surface area contributed by atoms with Crippen molar-refractivity contribution in [2.75, 3.05) is 0 Å². The highest BCUT2D eigenvalue weighted by molar-refractivity contribution is 5.36. The fraction of sp³-hybridized carbons (Fsp3) is 0.353. The molecule has 0 bridgehead atoms. The Morgan fingerprint density at radius 2 is 1.42 bits per heavy atom. The van der Waals surface area contributed by atoms with Gasteiger partial charge in [-0.3, -0.25) is 4.98 Å². The van der Waals surface area contributed by atoms with Gasteiger partial charge in [0.2, 0.25) is 0 Å². The first-order chi connectivity index (χ1) is 8.82. The summed E-state index contributed by atoms with van der Waals surface area (Å²) in [7, 11) is 0. The van der Waals surface area contributed by atoms with E-state index in [4.69, 9.17) is 0 Å². The Hall–Kier alpha value is -1.67. The number of nitrogens with zero attached hydrogens (tertiary/aromatic N) is 1. The molecule has 1 unspecified atom stereocenters. The minimum Gasteiger partial charge on any atom is -0.381 e. The standard InChI is InChI=1S/C17H21NO/c1-16(2,3)13-7-9-14(10-8-13)17(4,19)15-6-5-11-18-12-15/h5-12,19H,1-4H3. The Kier molecular flexibility index (Phi) is 3.46. The Labute approximate surface area is 115 Å². The van der Waals surface area contributed by atoms with E-state index in [1.165, 1.54) is 5.56 Å². The summed E-state index contributed by atoms with van der Waals surface area (Å²) in [4.78, 5) is 4.07. The van der Waals surface area contributed by atoms with Gasteiger partial charge in [0.15, 0.2) is 0 Å². The lowest BCUT2D eigenvalue weighted by Gasteiger charge is -2.26. The van der Waals surface area contributed by atoms with Crippen LogP contribution in [0.2, 0.25) is 0 Å². The first kappa shape index (κ1) is 13.8. The topological polar surface area (TPSA) is 33.1 Å². The molecule has 2 heteroatoms. The van der Waals surface area contributed by atoms with Crippen molar-refractivity contribution < 1.29 is 5.11 Å². The maximum absolute atomic E-state index is 10.7. The van der Waals surface area contributed by atoms with E-state index in [1.807, 2.05) is 24.3 Å². The van der Waals surface area contributed by atoms with Gasteiger partial charge in [-0.2, -0.15) is 0 Å². The molecule has 0 saturated carbocycles. The molecule has 0 aliphatic carbocycles. The number of aliphatic hydroxyl groups is 1. The highest BCUT2D eigenvalue weighted by Crippen LogP contribution is 2.30. The maximum Gasteiger partial charge on any atom is 0.113 e. The molecule has 0 radical (unpaired) electrons. The SMILES string of the molecule is CC(C)(C)c1ccc(C(C)(O)c2cccnc2)cc1. The zero-order valence-corrected chi connectivity index (χ0v) is 12.0. The van der Waals surface area contributed by atoms with Crippen LogP contribution in [-0.2, 0) is 11.0 Å². The minimum atomic E-state index is -1.01. The van der Waals surface area contributed by atoms with E-state index < -0.39 is 5.60 Å². The van der Waals surface area contributed by atoms with E-state index in [-0.39, 0.29) is 5.41 Å². The summed E-state index contributed by atoms with van der Waals surface area (Å²) in [5.41, 5.74) is 2.06. The Balaban J connectivity index is 2.37. The summed E-state index contributed by atoms with van der Waals surface area (Å²) in [5.74, 6) is 0. The smallest absolute Gasteiger partial charge is 0.113 e. The average Bonchev–Trinajstić information content (AvgIpc) is 2.39. The van der Waals surface area contributed by atoms with Crippen molar-refractivity contribution in [3.05, 3.63) is 65.5 Å². The van der Waals surface area contributed by atoms with Gasteiger partial charge in [0.05, 0.1) is 0 Å². The Bertz CT molecular complexity index is 536. The van der Waals surface area contributed by atoms with Gasteiger partial charge >= 0.3 is 0 Å². The molecule has 1 aromatic carbocycles. The van der Waals surface area contributed by atoms with Crippen LogP contribution < -0.4 is 0 Å². The fourth-order valence-electron chi connectivity index (χ4n) is 2.11. The number of rotatable bonds is 2. The molecule has 1 N–H and O–H groups in total. The Morgan fingerprint density at radius 1 is 0.842 bits per heavy atom. The second-order valence-electron chi connectivity index (χ2n) is 6.14. The van der Waals surface area contributed by atoms with E-state index in [0.717, 1.165) is 11.1 Å². The number of hydrogen-bond donors (Lipinski definition) is 1. The zero-order chi connectivity index (χ0) is 14.1. The van der Waals surface area contributed by atoms with Crippen molar-refractivity contribution >= 4 is 0 Å². The predicted octanol–water partition coefficient (Wildman–Crippen LogP) is 3.63. The van der Waals surface area contributed by atoms with Gasteiger partial charge in [0, 0.05) is 18.0 Å². The van der Waals surface area contributed by atoms with Gasteiger partial charge in [-0.25, -0.2) is 0 Å². The normalized spacial score (nSPS) is 15.0. The van der Waals surface area contributed by atoms with Crippen LogP contribution in [0.4, 0.5) is 0 Å². The number of aromatic nitrogens is 1. The van der Waals surface area contributed by atoms with E-state index in [9.17, 15) is 5.11 Å². The van der Waals surface area contributed by atoms with Crippen molar-refractivity contribution in [2.24, 2.45) is 0 Å². The molecule has 100 valence electrons. The molecule has 1 aromatic heterocycles. The molecular formula is C17H21NO. The van der Waals surface area contributed by atoms with Crippen molar-refractivity contribution in [1.29, 1.82) is 0 Å². The lowest BCUT2D eigenvalue weighted by molar-refractivity contribution is 0.102. The first-order valence-electron chi connectivity index (χ1n) is 6.56. The third-order valence-electron chi connectivity index (χ3n) is 3.54. The Morgan fingerprint density at radius 3 is 1.89 bits per heavy atom. The summed E-state index contributed by atoms with van der Waals surface area (Å²) in [5, 5.41) is 10.7. The molecule has 1 atom stereocenters. The van der Waals surface area contributed by atoms with Crippen LogP contribution in [0.15, 0.2) is 48.8 Å². The van der Waals surface area contributed by atoms with E-state index in [2.05, 4.69) is 37.9 Å². The third kappa shape index (κ3) is 2.85. The van der Waals surface area contributed by atoms with E-state index >= 15 is 0 Å². The van der Waals surface area contributed by atoms with Crippen LogP contribution in [0, 0.1) is 0 Å². The highest BCUT2D eigenvalue weighted by atomic mass is 16.3. The first-order valence-corrected chi connectivity index (χ1v) is 6.56. The summed E-state index contributed by atoms with van der Waals surface area (Å²) in [6, 6.07) is 11.9.